The van der Waals surface area contributed by atoms with Gasteiger partial charge in [-0.25, -0.2) is 4.39 Å². The molecule has 1 atom stereocenters. The van der Waals surface area contributed by atoms with Crippen LogP contribution in [0, 0.1) is 0 Å². The van der Waals surface area contributed by atoms with Crippen LogP contribution in [-0.4, -0.2) is 13.2 Å². The third kappa shape index (κ3) is 18.9. The van der Waals surface area contributed by atoms with Crippen molar-refractivity contribution in [3.05, 3.63) is 23.9 Å². The van der Waals surface area contributed by atoms with Gasteiger partial charge in [0.15, 0.2) is 0 Å². The van der Waals surface area contributed by atoms with E-state index in [1.165, 1.54) is 6.92 Å². The standard InChI is InChI=1S/C8H14FN.3C2H6/c1-6(5-10-4)7(2)8(3)9;3*1-2/h5,8,10H,2H2,1,3-4H3;3*1-2H3/b6-5-;;;. The van der Waals surface area contributed by atoms with Crippen LogP contribution in [0.1, 0.15) is 55.4 Å². The summed E-state index contributed by atoms with van der Waals surface area (Å²) < 4.78 is 12.5. The molecule has 0 saturated carbocycles. The van der Waals surface area contributed by atoms with E-state index in [0.29, 0.717) is 5.57 Å². The van der Waals surface area contributed by atoms with E-state index < -0.39 is 6.17 Å². The molecule has 0 spiro atoms. The fourth-order valence-corrected chi connectivity index (χ4v) is 0.623. The van der Waals surface area contributed by atoms with Gasteiger partial charge in [-0.2, -0.15) is 0 Å². The van der Waals surface area contributed by atoms with Crippen LogP contribution in [-0.2, 0) is 0 Å². The van der Waals surface area contributed by atoms with E-state index in [0.717, 1.165) is 5.57 Å². The van der Waals surface area contributed by atoms with Crippen molar-refractivity contribution in [2.75, 3.05) is 7.05 Å². The lowest BCUT2D eigenvalue weighted by Gasteiger charge is -2.05. The maximum absolute atomic E-state index is 12.5. The molecule has 0 saturated heterocycles. The van der Waals surface area contributed by atoms with Gasteiger partial charge < -0.3 is 5.32 Å². The summed E-state index contributed by atoms with van der Waals surface area (Å²) in [6, 6.07) is 0. The highest BCUT2D eigenvalue weighted by Crippen LogP contribution is 2.12. The highest BCUT2D eigenvalue weighted by Gasteiger charge is 2.04. The number of hydrogen-bond acceptors (Lipinski definition) is 1. The van der Waals surface area contributed by atoms with Gasteiger partial charge in [0.05, 0.1) is 0 Å². The predicted octanol–water partition coefficient (Wildman–Crippen LogP) is 5.10. The summed E-state index contributed by atoms with van der Waals surface area (Å²) in [6.07, 6.45) is 0.780. The summed E-state index contributed by atoms with van der Waals surface area (Å²) in [5.74, 6) is 0. The Labute approximate surface area is 103 Å². The van der Waals surface area contributed by atoms with Gasteiger partial charge >= 0.3 is 0 Å². The maximum atomic E-state index is 12.5. The van der Waals surface area contributed by atoms with Crippen LogP contribution in [0.15, 0.2) is 23.9 Å². The summed E-state index contributed by atoms with van der Waals surface area (Å²) in [6.45, 7) is 18.9. The second-order valence-corrected chi connectivity index (χ2v) is 2.26. The molecule has 0 rings (SSSR count). The fourth-order valence-electron chi connectivity index (χ4n) is 0.623. The van der Waals surface area contributed by atoms with Gasteiger partial charge in [-0.1, -0.05) is 48.1 Å². The summed E-state index contributed by atoms with van der Waals surface area (Å²) in [4.78, 5) is 0. The largest absolute Gasteiger partial charge is 0.394 e. The Balaban J connectivity index is -0.000000103. The Hall–Kier alpha value is -0.790. The number of hydrogen-bond donors (Lipinski definition) is 1. The molecule has 1 nitrogen and oxygen atoms in total. The second kappa shape index (κ2) is 23.8. The summed E-state index contributed by atoms with van der Waals surface area (Å²) in [7, 11) is 1.78. The number of allylic oxidation sites excluding steroid dienone is 2. The molecule has 100 valence electrons. The third-order valence-corrected chi connectivity index (χ3v) is 1.35. The van der Waals surface area contributed by atoms with Gasteiger partial charge in [0.2, 0.25) is 0 Å². The van der Waals surface area contributed by atoms with E-state index in [1.807, 2.05) is 48.5 Å². The van der Waals surface area contributed by atoms with E-state index in [9.17, 15) is 4.39 Å². The van der Waals surface area contributed by atoms with Crippen molar-refractivity contribution in [1.29, 1.82) is 0 Å². The zero-order valence-corrected chi connectivity index (χ0v) is 12.7. The second-order valence-electron chi connectivity index (χ2n) is 2.26. The Bertz CT molecular complexity index is 149. The monoisotopic (exact) mass is 233 g/mol. The van der Waals surface area contributed by atoms with Crippen LogP contribution in [0.2, 0.25) is 0 Å². The molecule has 0 radical (unpaired) electrons. The predicted molar refractivity (Wildman–Crippen MR) is 76.6 cm³/mol. The molecule has 0 heterocycles. The topological polar surface area (TPSA) is 12.0 Å². The first kappa shape index (κ1) is 24.4. The van der Waals surface area contributed by atoms with Gasteiger partial charge in [-0.05, 0) is 31.2 Å². The van der Waals surface area contributed by atoms with Crippen LogP contribution in [0.3, 0.4) is 0 Å². The Morgan fingerprint density at radius 3 is 1.62 bits per heavy atom. The summed E-state index contributed by atoms with van der Waals surface area (Å²) >= 11 is 0. The van der Waals surface area contributed by atoms with E-state index in [-0.39, 0.29) is 0 Å². The van der Waals surface area contributed by atoms with E-state index in [1.54, 1.807) is 13.2 Å². The highest BCUT2D eigenvalue weighted by molar-refractivity contribution is 5.28. The quantitative estimate of drug-likeness (QED) is 0.668. The van der Waals surface area contributed by atoms with Gasteiger partial charge in [0.25, 0.3) is 0 Å². The SMILES string of the molecule is C=C(/C(C)=C\NC)C(C)F.CC.CC.CC. The first-order valence-electron chi connectivity index (χ1n) is 6.27. The smallest absolute Gasteiger partial charge is 0.122 e. The van der Waals surface area contributed by atoms with Crippen LogP contribution >= 0.6 is 0 Å². The average Bonchev–Trinajstić information content (AvgIpc) is 2.36. The zero-order valence-electron chi connectivity index (χ0n) is 12.7. The van der Waals surface area contributed by atoms with Gasteiger partial charge in [0, 0.05) is 7.05 Å². The van der Waals surface area contributed by atoms with Crippen molar-refractivity contribution >= 4 is 0 Å². The third-order valence-electron chi connectivity index (χ3n) is 1.35. The molecule has 0 bridgehead atoms. The average molecular weight is 233 g/mol. The van der Waals surface area contributed by atoms with Crippen LogP contribution in [0.5, 0.6) is 0 Å². The van der Waals surface area contributed by atoms with Crippen LogP contribution < -0.4 is 5.32 Å². The minimum atomic E-state index is -0.954. The van der Waals surface area contributed by atoms with E-state index in [2.05, 4.69) is 11.9 Å². The van der Waals surface area contributed by atoms with Crippen molar-refractivity contribution in [2.45, 2.75) is 61.6 Å². The molecule has 0 aromatic carbocycles. The Morgan fingerprint density at radius 2 is 1.44 bits per heavy atom. The Kier molecular flexibility index (Phi) is 36.3. The van der Waals surface area contributed by atoms with Crippen molar-refractivity contribution in [3.63, 3.8) is 0 Å². The van der Waals surface area contributed by atoms with Crippen molar-refractivity contribution in [3.8, 4) is 0 Å². The van der Waals surface area contributed by atoms with Gasteiger partial charge in [0.1, 0.15) is 6.17 Å². The number of rotatable bonds is 3. The molecule has 1 unspecified atom stereocenters. The molecule has 0 aromatic rings. The molecular weight excluding hydrogens is 201 g/mol. The van der Waals surface area contributed by atoms with E-state index in [4.69, 9.17) is 0 Å². The molecule has 0 amide bonds. The molecule has 1 N–H and O–H groups in total. The zero-order chi connectivity index (χ0) is 14.1. The molecule has 16 heavy (non-hydrogen) atoms. The van der Waals surface area contributed by atoms with Crippen LogP contribution in [0.25, 0.3) is 0 Å². The van der Waals surface area contributed by atoms with Gasteiger partial charge in [-0.3, -0.25) is 0 Å². The molecule has 0 aliphatic carbocycles. The number of nitrogens with one attached hydrogen (secondary N) is 1. The fraction of sp³-hybridized carbons (Fsp3) is 0.714. The number of halogens is 1. The van der Waals surface area contributed by atoms with E-state index >= 15 is 0 Å². The summed E-state index contributed by atoms with van der Waals surface area (Å²) in [5, 5.41) is 2.81. The molecule has 2 heteroatoms. The normalized spacial score (nSPS) is 10.2. The van der Waals surface area contributed by atoms with Crippen molar-refractivity contribution in [1.82, 2.24) is 5.32 Å². The maximum Gasteiger partial charge on any atom is 0.122 e. The molecular formula is C14H32FN. The minimum absolute atomic E-state index is 0.536. The lowest BCUT2D eigenvalue weighted by atomic mass is 10.1. The lowest BCUT2D eigenvalue weighted by Crippen LogP contribution is -2.02. The molecule has 0 fully saturated rings. The number of alkyl halides is 1. The van der Waals surface area contributed by atoms with Crippen molar-refractivity contribution in [2.24, 2.45) is 0 Å². The molecule has 0 aromatic heterocycles. The first-order valence-corrected chi connectivity index (χ1v) is 6.27. The first-order chi connectivity index (χ1) is 7.59. The molecule has 0 aliphatic rings. The molecule has 0 aliphatic heterocycles. The lowest BCUT2D eigenvalue weighted by molar-refractivity contribution is 0.415. The summed E-state index contributed by atoms with van der Waals surface area (Å²) in [5.41, 5.74) is 1.40. The highest BCUT2D eigenvalue weighted by atomic mass is 19.1. The van der Waals surface area contributed by atoms with Crippen molar-refractivity contribution < 1.29 is 4.39 Å². The Morgan fingerprint density at radius 1 is 1.12 bits per heavy atom. The van der Waals surface area contributed by atoms with Crippen LogP contribution in [0.4, 0.5) is 4.39 Å². The minimum Gasteiger partial charge on any atom is -0.394 e. The van der Waals surface area contributed by atoms with Gasteiger partial charge in [-0.15, -0.1) is 0 Å².